The molecule has 102 valence electrons. The third-order valence-corrected chi connectivity index (χ3v) is 4.38. The van der Waals surface area contributed by atoms with Crippen LogP contribution in [0, 0.1) is 23.7 Å². The molecule has 1 fully saturated rings. The molecular formula is C15H21N3O. The van der Waals surface area contributed by atoms with Gasteiger partial charge in [-0.25, -0.2) is 0 Å². The van der Waals surface area contributed by atoms with Crippen molar-refractivity contribution in [1.29, 1.82) is 5.26 Å². The maximum Gasteiger partial charge on any atom is 0.103 e. The van der Waals surface area contributed by atoms with Gasteiger partial charge < -0.3 is 10.4 Å². The first-order valence-corrected chi connectivity index (χ1v) is 6.71. The molecule has 1 aromatic rings. The molecule has 0 aromatic carbocycles. The molecule has 4 nitrogen and oxygen atoms in total. The number of nitriles is 1. The third kappa shape index (κ3) is 2.57. The standard InChI is InChI=1S/C15H21N3O/c1-11-7-13(12(8-16)9-17-11)18-10-15(19)6-4-5-14(15,2)3/h7,9,19H,4-6,10H2,1-3H3,(H,17,18). The minimum absolute atomic E-state index is 0.0884. The Morgan fingerprint density at radius 2 is 2.21 bits per heavy atom. The number of aliphatic hydroxyl groups is 1. The fourth-order valence-electron chi connectivity index (χ4n) is 2.76. The van der Waals surface area contributed by atoms with Crippen LogP contribution < -0.4 is 5.32 Å². The highest BCUT2D eigenvalue weighted by atomic mass is 16.3. The van der Waals surface area contributed by atoms with Crippen molar-refractivity contribution in [3.63, 3.8) is 0 Å². The molecular weight excluding hydrogens is 238 g/mol. The zero-order chi connectivity index (χ0) is 14.1. The lowest BCUT2D eigenvalue weighted by molar-refractivity contribution is -0.0303. The van der Waals surface area contributed by atoms with Crippen LogP contribution in [-0.2, 0) is 0 Å². The highest BCUT2D eigenvalue weighted by molar-refractivity contribution is 5.57. The molecule has 0 saturated heterocycles. The molecule has 2 rings (SSSR count). The van der Waals surface area contributed by atoms with Crippen molar-refractivity contribution in [3.8, 4) is 6.07 Å². The Morgan fingerprint density at radius 1 is 1.47 bits per heavy atom. The van der Waals surface area contributed by atoms with Crippen LogP contribution in [0.1, 0.15) is 44.4 Å². The van der Waals surface area contributed by atoms with Gasteiger partial charge in [-0.05, 0) is 37.7 Å². The second kappa shape index (κ2) is 4.82. The number of aromatic nitrogens is 1. The molecule has 19 heavy (non-hydrogen) atoms. The van der Waals surface area contributed by atoms with Crippen molar-refractivity contribution in [3.05, 3.63) is 23.5 Å². The number of pyridine rings is 1. The third-order valence-electron chi connectivity index (χ3n) is 4.38. The van der Waals surface area contributed by atoms with E-state index in [1.54, 1.807) is 6.20 Å². The van der Waals surface area contributed by atoms with Crippen molar-refractivity contribution in [2.24, 2.45) is 5.41 Å². The summed E-state index contributed by atoms with van der Waals surface area (Å²) in [6, 6.07) is 3.98. The summed E-state index contributed by atoms with van der Waals surface area (Å²) >= 11 is 0. The highest BCUT2D eigenvalue weighted by Crippen LogP contribution is 2.45. The topological polar surface area (TPSA) is 68.9 Å². The van der Waals surface area contributed by atoms with E-state index in [1.807, 2.05) is 13.0 Å². The molecule has 1 aromatic heterocycles. The monoisotopic (exact) mass is 259 g/mol. The molecule has 0 spiro atoms. The summed E-state index contributed by atoms with van der Waals surface area (Å²) in [5.41, 5.74) is 1.33. The van der Waals surface area contributed by atoms with Gasteiger partial charge in [0.1, 0.15) is 6.07 Å². The van der Waals surface area contributed by atoms with Gasteiger partial charge in [0.05, 0.1) is 16.9 Å². The largest absolute Gasteiger partial charge is 0.387 e. The normalized spacial score (nSPS) is 25.0. The molecule has 1 aliphatic rings. The average Bonchev–Trinajstić information content (AvgIpc) is 2.62. The highest BCUT2D eigenvalue weighted by Gasteiger charge is 2.47. The Morgan fingerprint density at radius 3 is 2.79 bits per heavy atom. The molecule has 1 heterocycles. The van der Waals surface area contributed by atoms with Crippen LogP contribution in [-0.4, -0.2) is 22.2 Å². The fourth-order valence-corrected chi connectivity index (χ4v) is 2.76. The van der Waals surface area contributed by atoms with E-state index in [2.05, 4.69) is 30.2 Å². The van der Waals surface area contributed by atoms with E-state index in [0.29, 0.717) is 12.1 Å². The van der Waals surface area contributed by atoms with E-state index in [-0.39, 0.29) is 5.41 Å². The SMILES string of the molecule is Cc1cc(NCC2(O)CCCC2(C)C)c(C#N)cn1. The Hall–Kier alpha value is -1.60. The summed E-state index contributed by atoms with van der Waals surface area (Å²) < 4.78 is 0. The van der Waals surface area contributed by atoms with Gasteiger partial charge in [0.25, 0.3) is 0 Å². The maximum absolute atomic E-state index is 10.8. The van der Waals surface area contributed by atoms with E-state index < -0.39 is 5.60 Å². The van der Waals surface area contributed by atoms with Gasteiger partial charge in [-0.2, -0.15) is 5.26 Å². The second-order valence-electron chi connectivity index (χ2n) is 6.11. The van der Waals surface area contributed by atoms with Gasteiger partial charge >= 0.3 is 0 Å². The molecule has 1 unspecified atom stereocenters. The van der Waals surface area contributed by atoms with Crippen LogP contribution in [0.3, 0.4) is 0 Å². The van der Waals surface area contributed by atoms with Crippen molar-refractivity contribution in [2.75, 3.05) is 11.9 Å². The van der Waals surface area contributed by atoms with Crippen LogP contribution in [0.4, 0.5) is 5.69 Å². The van der Waals surface area contributed by atoms with Crippen LogP contribution in [0.2, 0.25) is 0 Å². The van der Waals surface area contributed by atoms with Crippen molar-refractivity contribution < 1.29 is 5.11 Å². The van der Waals surface area contributed by atoms with Gasteiger partial charge in [-0.15, -0.1) is 0 Å². The zero-order valence-corrected chi connectivity index (χ0v) is 11.8. The number of hydrogen-bond donors (Lipinski definition) is 2. The second-order valence-corrected chi connectivity index (χ2v) is 6.11. The average molecular weight is 259 g/mol. The van der Waals surface area contributed by atoms with E-state index in [4.69, 9.17) is 5.26 Å². The lowest BCUT2D eigenvalue weighted by atomic mass is 9.77. The van der Waals surface area contributed by atoms with E-state index in [0.717, 1.165) is 30.6 Å². The quantitative estimate of drug-likeness (QED) is 0.875. The van der Waals surface area contributed by atoms with Gasteiger partial charge in [0.15, 0.2) is 0 Å². The minimum Gasteiger partial charge on any atom is -0.387 e. The molecule has 4 heteroatoms. The molecule has 0 radical (unpaired) electrons. The molecule has 0 aliphatic heterocycles. The van der Waals surface area contributed by atoms with Crippen LogP contribution >= 0.6 is 0 Å². The van der Waals surface area contributed by atoms with E-state index >= 15 is 0 Å². The van der Waals surface area contributed by atoms with Crippen LogP contribution in [0.15, 0.2) is 12.3 Å². The summed E-state index contributed by atoms with van der Waals surface area (Å²) in [4.78, 5) is 4.11. The van der Waals surface area contributed by atoms with Gasteiger partial charge in [-0.3, -0.25) is 4.98 Å². The fraction of sp³-hybridized carbons (Fsp3) is 0.600. The molecule has 1 aliphatic carbocycles. The van der Waals surface area contributed by atoms with E-state index in [9.17, 15) is 5.11 Å². The Balaban J connectivity index is 2.15. The molecule has 2 N–H and O–H groups in total. The van der Waals surface area contributed by atoms with Crippen LogP contribution in [0.25, 0.3) is 0 Å². The van der Waals surface area contributed by atoms with Gasteiger partial charge in [-0.1, -0.05) is 13.8 Å². The summed E-state index contributed by atoms with van der Waals surface area (Å²) in [6.45, 7) is 6.56. The number of nitrogens with zero attached hydrogens (tertiary/aromatic N) is 2. The Kier molecular flexibility index (Phi) is 3.51. The van der Waals surface area contributed by atoms with Gasteiger partial charge in [0.2, 0.25) is 0 Å². The lowest BCUT2D eigenvalue weighted by Crippen LogP contribution is -2.45. The van der Waals surface area contributed by atoms with Gasteiger partial charge in [0, 0.05) is 18.4 Å². The Labute approximate surface area is 114 Å². The predicted molar refractivity (Wildman–Crippen MR) is 74.8 cm³/mol. The first-order valence-electron chi connectivity index (χ1n) is 6.71. The molecule has 1 saturated carbocycles. The van der Waals surface area contributed by atoms with Crippen molar-refractivity contribution in [1.82, 2.24) is 4.98 Å². The van der Waals surface area contributed by atoms with Crippen molar-refractivity contribution >= 4 is 5.69 Å². The first kappa shape index (κ1) is 13.8. The number of aryl methyl sites for hydroxylation is 1. The molecule has 1 atom stereocenters. The lowest BCUT2D eigenvalue weighted by Gasteiger charge is -2.37. The van der Waals surface area contributed by atoms with Crippen LogP contribution in [0.5, 0.6) is 0 Å². The number of anilines is 1. The number of nitrogens with one attached hydrogen (secondary N) is 1. The Bertz CT molecular complexity index is 519. The summed E-state index contributed by atoms with van der Waals surface area (Å²) in [5.74, 6) is 0. The zero-order valence-electron chi connectivity index (χ0n) is 11.8. The minimum atomic E-state index is -0.711. The summed E-state index contributed by atoms with van der Waals surface area (Å²) in [5, 5.41) is 23.1. The maximum atomic E-state index is 10.8. The van der Waals surface area contributed by atoms with E-state index in [1.165, 1.54) is 0 Å². The molecule has 0 amide bonds. The first-order chi connectivity index (χ1) is 8.88. The number of rotatable bonds is 3. The number of hydrogen-bond acceptors (Lipinski definition) is 4. The summed E-state index contributed by atoms with van der Waals surface area (Å²) in [6.07, 6.45) is 4.46. The summed E-state index contributed by atoms with van der Waals surface area (Å²) in [7, 11) is 0. The smallest absolute Gasteiger partial charge is 0.103 e. The predicted octanol–water partition coefficient (Wildman–Crippen LogP) is 2.61. The molecule has 0 bridgehead atoms. The van der Waals surface area contributed by atoms with Crippen molar-refractivity contribution in [2.45, 2.75) is 45.6 Å².